The second-order valence-corrected chi connectivity index (χ2v) is 4.95. The molecule has 0 aromatic heterocycles. The summed E-state index contributed by atoms with van der Waals surface area (Å²) in [6, 6.07) is 7.89. The van der Waals surface area contributed by atoms with Crippen LogP contribution >= 0.6 is 0 Å². The number of para-hydroxylation sites is 1. The largest absolute Gasteiger partial charge is 0.465 e. The van der Waals surface area contributed by atoms with Crippen molar-refractivity contribution in [1.29, 1.82) is 0 Å². The zero-order valence-corrected chi connectivity index (χ0v) is 9.65. The number of amides is 1. The molecule has 1 amide bonds. The van der Waals surface area contributed by atoms with E-state index in [1.165, 1.54) is 10.5 Å². The number of nitrogens with one attached hydrogen (secondary N) is 1. The molecule has 1 aromatic carbocycles. The zero-order chi connectivity index (χ0) is 11.9. The van der Waals surface area contributed by atoms with E-state index in [2.05, 4.69) is 11.4 Å². The second-order valence-electron chi connectivity index (χ2n) is 4.95. The summed E-state index contributed by atoms with van der Waals surface area (Å²) in [7, 11) is 0. The van der Waals surface area contributed by atoms with Gasteiger partial charge < -0.3 is 10.4 Å². The Hall–Kier alpha value is -1.55. The van der Waals surface area contributed by atoms with Crippen molar-refractivity contribution in [3.63, 3.8) is 0 Å². The van der Waals surface area contributed by atoms with Gasteiger partial charge in [0, 0.05) is 18.5 Å². The Labute approximate surface area is 100 Å². The van der Waals surface area contributed by atoms with Crippen LogP contribution in [0, 0.1) is 0 Å². The molecule has 1 spiro atoms. The van der Waals surface area contributed by atoms with Gasteiger partial charge in [-0.3, -0.25) is 4.90 Å². The fourth-order valence-corrected chi connectivity index (χ4v) is 3.13. The Kier molecular flexibility index (Phi) is 2.33. The molecule has 1 aromatic rings. The summed E-state index contributed by atoms with van der Waals surface area (Å²) >= 11 is 0. The predicted octanol–water partition coefficient (Wildman–Crippen LogP) is 1.81. The number of rotatable bonds is 0. The van der Waals surface area contributed by atoms with Gasteiger partial charge in [-0.25, -0.2) is 4.79 Å². The third kappa shape index (κ3) is 1.52. The summed E-state index contributed by atoms with van der Waals surface area (Å²) in [4.78, 5) is 12.8. The number of hydrogen-bond acceptors (Lipinski definition) is 2. The summed E-state index contributed by atoms with van der Waals surface area (Å²) in [5, 5.41) is 12.7. The molecular formula is C13H16N2O2. The molecule has 0 bridgehead atoms. The van der Waals surface area contributed by atoms with Crippen LogP contribution in [0.3, 0.4) is 0 Å². The quantitative estimate of drug-likeness (QED) is 0.717. The van der Waals surface area contributed by atoms with Crippen LogP contribution in [-0.2, 0) is 5.41 Å². The van der Waals surface area contributed by atoms with Crippen molar-refractivity contribution >= 4 is 11.8 Å². The highest BCUT2D eigenvalue weighted by molar-refractivity contribution is 5.90. The Bertz CT molecular complexity index is 452. The van der Waals surface area contributed by atoms with E-state index in [1.807, 2.05) is 18.2 Å². The van der Waals surface area contributed by atoms with Crippen molar-refractivity contribution in [3.8, 4) is 0 Å². The van der Waals surface area contributed by atoms with Gasteiger partial charge in [0.1, 0.15) is 0 Å². The van der Waals surface area contributed by atoms with Gasteiger partial charge in [-0.15, -0.1) is 0 Å². The van der Waals surface area contributed by atoms with Gasteiger partial charge in [0.15, 0.2) is 0 Å². The van der Waals surface area contributed by atoms with E-state index in [4.69, 9.17) is 0 Å². The molecule has 2 aliphatic rings. The highest BCUT2D eigenvalue weighted by atomic mass is 16.4. The molecule has 90 valence electrons. The van der Waals surface area contributed by atoms with Crippen LogP contribution in [0.15, 0.2) is 24.3 Å². The SMILES string of the molecule is O=C(O)N1CC2(CCCNC2)c2ccccc21. The molecule has 17 heavy (non-hydrogen) atoms. The minimum absolute atomic E-state index is 0.00671. The van der Waals surface area contributed by atoms with Crippen LogP contribution in [-0.4, -0.2) is 30.8 Å². The van der Waals surface area contributed by atoms with Crippen LogP contribution in [0.2, 0.25) is 0 Å². The third-order valence-corrected chi connectivity index (χ3v) is 3.93. The highest BCUT2D eigenvalue weighted by Gasteiger charge is 2.45. The molecule has 2 aliphatic heterocycles. The average Bonchev–Trinajstić information content (AvgIpc) is 2.66. The monoisotopic (exact) mass is 232 g/mol. The van der Waals surface area contributed by atoms with Crippen LogP contribution in [0.5, 0.6) is 0 Å². The minimum atomic E-state index is -0.847. The first-order valence-electron chi connectivity index (χ1n) is 6.04. The molecule has 1 unspecified atom stereocenters. The molecule has 0 saturated carbocycles. The fraction of sp³-hybridized carbons (Fsp3) is 0.462. The lowest BCUT2D eigenvalue weighted by Crippen LogP contribution is -2.47. The smallest absolute Gasteiger partial charge is 0.411 e. The van der Waals surface area contributed by atoms with Gasteiger partial charge in [-0.1, -0.05) is 18.2 Å². The number of carbonyl (C=O) groups is 1. The van der Waals surface area contributed by atoms with Gasteiger partial charge in [-0.2, -0.15) is 0 Å². The number of anilines is 1. The maximum absolute atomic E-state index is 11.3. The van der Waals surface area contributed by atoms with E-state index in [0.29, 0.717) is 6.54 Å². The van der Waals surface area contributed by atoms with Gasteiger partial charge in [-0.05, 0) is 31.0 Å². The Morgan fingerprint density at radius 3 is 2.94 bits per heavy atom. The first kappa shape index (κ1) is 10.6. The van der Waals surface area contributed by atoms with E-state index in [0.717, 1.165) is 31.6 Å². The number of benzene rings is 1. The minimum Gasteiger partial charge on any atom is -0.465 e. The molecule has 1 atom stereocenters. The number of carboxylic acid groups (broad SMARTS) is 1. The number of piperidine rings is 1. The van der Waals surface area contributed by atoms with Crippen LogP contribution < -0.4 is 10.2 Å². The normalized spacial score (nSPS) is 27.2. The molecule has 0 radical (unpaired) electrons. The summed E-state index contributed by atoms with van der Waals surface area (Å²) in [6.07, 6.45) is 1.34. The van der Waals surface area contributed by atoms with Crippen molar-refractivity contribution in [2.75, 3.05) is 24.5 Å². The Balaban J connectivity index is 2.07. The lowest BCUT2D eigenvalue weighted by molar-refractivity contribution is 0.199. The van der Waals surface area contributed by atoms with Crippen molar-refractivity contribution in [2.24, 2.45) is 0 Å². The average molecular weight is 232 g/mol. The van der Waals surface area contributed by atoms with Crippen LogP contribution in [0.25, 0.3) is 0 Å². The molecule has 0 aliphatic carbocycles. The maximum atomic E-state index is 11.3. The first-order chi connectivity index (χ1) is 8.23. The Morgan fingerprint density at radius 1 is 1.41 bits per heavy atom. The van der Waals surface area contributed by atoms with Gasteiger partial charge in [0.25, 0.3) is 0 Å². The second kappa shape index (κ2) is 3.74. The van der Waals surface area contributed by atoms with Gasteiger partial charge in [0.05, 0.1) is 5.69 Å². The van der Waals surface area contributed by atoms with E-state index >= 15 is 0 Å². The summed E-state index contributed by atoms with van der Waals surface area (Å²) < 4.78 is 0. The number of hydrogen-bond donors (Lipinski definition) is 2. The third-order valence-electron chi connectivity index (χ3n) is 3.93. The Morgan fingerprint density at radius 2 is 2.24 bits per heavy atom. The van der Waals surface area contributed by atoms with Crippen molar-refractivity contribution in [3.05, 3.63) is 29.8 Å². The molecule has 4 nitrogen and oxygen atoms in total. The molecule has 4 heteroatoms. The van der Waals surface area contributed by atoms with E-state index in [1.54, 1.807) is 0 Å². The van der Waals surface area contributed by atoms with Crippen LogP contribution in [0.1, 0.15) is 18.4 Å². The standard InChI is InChI=1S/C13H16N2O2/c16-12(17)15-9-13(6-3-7-14-8-13)10-4-1-2-5-11(10)15/h1-2,4-5,14H,3,6-9H2,(H,16,17). The molecule has 2 N–H and O–H groups in total. The van der Waals surface area contributed by atoms with Crippen molar-refractivity contribution in [2.45, 2.75) is 18.3 Å². The molecule has 2 heterocycles. The first-order valence-corrected chi connectivity index (χ1v) is 6.04. The lowest BCUT2D eigenvalue weighted by atomic mass is 9.76. The highest BCUT2D eigenvalue weighted by Crippen LogP contribution is 2.44. The zero-order valence-electron chi connectivity index (χ0n) is 9.65. The van der Waals surface area contributed by atoms with Gasteiger partial charge in [0.2, 0.25) is 0 Å². The summed E-state index contributed by atoms with van der Waals surface area (Å²) in [6.45, 7) is 2.51. The van der Waals surface area contributed by atoms with Gasteiger partial charge >= 0.3 is 6.09 Å². The molecular weight excluding hydrogens is 216 g/mol. The molecule has 3 rings (SSSR count). The topological polar surface area (TPSA) is 52.6 Å². The predicted molar refractivity (Wildman–Crippen MR) is 65.6 cm³/mol. The van der Waals surface area contributed by atoms with Crippen molar-refractivity contribution in [1.82, 2.24) is 5.32 Å². The van der Waals surface area contributed by atoms with E-state index in [9.17, 15) is 9.90 Å². The fourth-order valence-electron chi connectivity index (χ4n) is 3.13. The van der Waals surface area contributed by atoms with E-state index < -0.39 is 6.09 Å². The molecule has 1 saturated heterocycles. The van der Waals surface area contributed by atoms with Crippen molar-refractivity contribution < 1.29 is 9.90 Å². The lowest BCUT2D eigenvalue weighted by Gasteiger charge is -2.34. The molecule has 1 fully saturated rings. The summed E-state index contributed by atoms with van der Waals surface area (Å²) in [5.41, 5.74) is 2.05. The summed E-state index contributed by atoms with van der Waals surface area (Å²) in [5.74, 6) is 0. The number of fused-ring (bicyclic) bond motifs is 2. The number of nitrogens with zero attached hydrogens (tertiary/aromatic N) is 1. The maximum Gasteiger partial charge on any atom is 0.411 e. The van der Waals surface area contributed by atoms with E-state index in [-0.39, 0.29) is 5.41 Å². The van der Waals surface area contributed by atoms with Crippen LogP contribution in [0.4, 0.5) is 10.5 Å².